The Morgan fingerprint density at radius 3 is 2.79 bits per heavy atom. The zero-order valence-electron chi connectivity index (χ0n) is 18.9. The number of amides is 2. The number of anilines is 1. The van der Waals surface area contributed by atoms with Crippen molar-refractivity contribution < 1.29 is 14.3 Å². The van der Waals surface area contributed by atoms with Crippen LogP contribution < -0.4 is 4.90 Å². The van der Waals surface area contributed by atoms with Crippen molar-refractivity contribution in [1.82, 2.24) is 29.5 Å². The lowest BCUT2D eigenvalue weighted by Gasteiger charge is -2.36. The summed E-state index contributed by atoms with van der Waals surface area (Å²) in [6, 6.07) is 7.45. The molecule has 178 valence electrons. The first-order chi connectivity index (χ1) is 16.5. The monoisotopic (exact) mass is 483 g/mol. The normalized spacial score (nSPS) is 18.8. The molecule has 0 radical (unpaired) electrons. The van der Waals surface area contributed by atoms with Gasteiger partial charge in [-0.2, -0.15) is 5.10 Å². The number of methoxy groups -OCH3 is 1. The minimum Gasteiger partial charge on any atom is -0.383 e. The predicted molar refractivity (Wildman–Crippen MR) is 127 cm³/mol. The Bertz CT molecular complexity index is 1210. The van der Waals surface area contributed by atoms with Crippen LogP contribution in [0.15, 0.2) is 36.8 Å². The van der Waals surface area contributed by atoms with Gasteiger partial charge in [-0.3, -0.25) is 9.59 Å². The summed E-state index contributed by atoms with van der Waals surface area (Å²) in [4.78, 5) is 40.0. The van der Waals surface area contributed by atoms with Crippen molar-refractivity contribution in [2.45, 2.75) is 6.42 Å². The molecule has 0 bridgehead atoms. The summed E-state index contributed by atoms with van der Waals surface area (Å²) in [6.07, 6.45) is 3.58. The number of halogens is 1. The van der Waals surface area contributed by atoms with Crippen molar-refractivity contribution >= 4 is 40.3 Å². The largest absolute Gasteiger partial charge is 0.383 e. The summed E-state index contributed by atoms with van der Waals surface area (Å²) in [5, 5.41) is 5.98. The summed E-state index contributed by atoms with van der Waals surface area (Å²) in [7, 11) is 1.61. The fourth-order valence-electron chi connectivity index (χ4n) is 4.63. The van der Waals surface area contributed by atoms with Gasteiger partial charge in [-0.1, -0.05) is 17.7 Å². The lowest BCUT2D eigenvalue weighted by molar-refractivity contribution is -0.136. The van der Waals surface area contributed by atoms with Crippen LogP contribution in [-0.4, -0.2) is 94.3 Å². The minimum atomic E-state index is -0.280. The van der Waals surface area contributed by atoms with Gasteiger partial charge in [0.25, 0.3) is 0 Å². The zero-order valence-corrected chi connectivity index (χ0v) is 19.7. The maximum Gasteiger partial charge on any atom is 0.228 e. The van der Waals surface area contributed by atoms with Gasteiger partial charge in [-0.25, -0.2) is 14.6 Å². The number of carbonyl (C=O) groups excluding carboxylic acids is 2. The van der Waals surface area contributed by atoms with Crippen LogP contribution in [0, 0.1) is 5.92 Å². The number of benzene rings is 1. The van der Waals surface area contributed by atoms with Crippen molar-refractivity contribution in [3.05, 3.63) is 41.8 Å². The van der Waals surface area contributed by atoms with Gasteiger partial charge < -0.3 is 19.4 Å². The first-order valence-electron chi connectivity index (χ1n) is 11.3. The van der Waals surface area contributed by atoms with Gasteiger partial charge in [0.2, 0.25) is 11.8 Å². The van der Waals surface area contributed by atoms with Crippen molar-refractivity contribution in [1.29, 1.82) is 0 Å². The highest BCUT2D eigenvalue weighted by molar-refractivity contribution is 6.30. The van der Waals surface area contributed by atoms with E-state index < -0.39 is 0 Å². The molecular weight excluding hydrogens is 458 g/mol. The maximum absolute atomic E-state index is 13.1. The van der Waals surface area contributed by atoms with Gasteiger partial charge in [0.1, 0.15) is 12.1 Å². The Morgan fingerprint density at radius 2 is 2.03 bits per heavy atom. The van der Waals surface area contributed by atoms with Gasteiger partial charge in [0, 0.05) is 57.8 Å². The minimum absolute atomic E-state index is 0.0223. The number of carbonyl (C=O) groups is 2. The number of hydrogen-bond donors (Lipinski definition) is 0. The third kappa shape index (κ3) is 4.30. The smallest absolute Gasteiger partial charge is 0.228 e. The molecule has 1 atom stereocenters. The van der Waals surface area contributed by atoms with Crippen LogP contribution in [0.2, 0.25) is 5.02 Å². The van der Waals surface area contributed by atoms with E-state index in [-0.39, 0.29) is 24.2 Å². The molecule has 1 aromatic carbocycles. The van der Waals surface area contributed by atoms with Crippen LogP contribution in [0.4, 0.5) is 5.82 Å². The Labute approximate surface area is 202 Å². The van der Waals surface area contributed by atoms with Crippen LogP contribution in [-0.2, 0) is 14.3 Å². The van der Waals surface area contributed by atoms with Crippen molar-refractivity contribution in [2.24, 2.45) is 5.92 Å². The molecule has 5 rings (SSSR count). The van der Waals surface area contributed by atoms with E-state index in [1.54, 1.807) is 22.9 Å². The van der Waals surface area contributed by atoms with E-state index in [9.17, 15) is 9.59 Å². The average molecular weight is 484 g/mol. The molecular formula is C23H26ClN7O3. The van der Waals surface area contributed by atoms with E-state index in [0.29, 0.717) is 56.5 Å². The highest BCUT2D eigenvalue weighted by Gasteiger charge is 2.37. The highest BCUT2D eigenvalue weighted by Crippen LogP contribution is 2.27. The highest BCUT2D eigenvalue weighted by atomic mass is 35.5. The van der Waals surface area contributed by atoms with Crippen LogP contribution in [0.25, 0.3) is 16.7 Å². The van der Waals surface area contributed by atoms with Crippen molar-refractivity contribution in [3.63, 3.8) is 0 Å². The van der Waals surface area contributed by atoms with Crippen LogP contribution in [0.3, 0.4) is 0 Å². The Kier molecular flexibility index (Phi) is 6.34. The summed E-state index contributed by atoms with van der Waals surface area (Å²) in [6.45, 7) is 3.93. The average Bonchev–Trinajstić information content (AvgIpc) is 3.46. The summed E-state index contributed by atoms with van der Waals surface area (Å²) >= 11 is 6.15. The number of fused-ring (bicyclic) bond motifs is 1. The summed E-state index contributed by atoms with van der Waals surface area (Å²) < 4.78 is 6.81. The zero-order chi connectivity index (χ0) is 23.7. The van der Waals surface area contributed by atoms with Crippen LogP contribution in [0.1, 0.15) is 6.42 Å². The van der Waals surface area contributed by atoms with Crippen molar-refractivity contribution in [3.8, 4) is 5.69 Å². The molecule has 2 aromatic heterocycles. The Balaban J connectivity index is 1.27. The second kappa shape index (κ2) is 9.55. The van der Waals surface area contributed by atoms with Gasteiger partial charge in [-0.05, 0) is 18.2 Å². The summed E-state index contributed by atoms with van der Waals surface area (Å²) in [5.74, 6) is 0.591. The number of piperazine rings is 1. The molecule has 1 unspecified atom stereocenters. The molecule has 10 nitrogen and oxygen atoms in total. The number of hydrogen-bond acceptors (Lipinski definition) is 7. The molecule has 2 aliphatic rings. The van der Waals surface area contributed by atoms with E-state index in [2.05, 4.69) is 20.0 Å². The first kappa shape index (κ1) is 22.5. The topological polar surface area (TPSA) is 96.7 Å². The number of ether oxygens (including phenoxy) is 1. The quantitative estimate of drug-likeness (QED) is 0.525. The van der Waals surface area contributed by atoms with Crippen LogP contribution in [0.5, 0.6) is 0 Å². The lowest BCUT2D eigenvalue weighted by Crippen LogP contribution is -2.51. The second-order valence-electron chi connectivity index (χ2n) is 8.52. The molecule has 0 aliphatic carbocycles. The third-order valence-electron chi connectivity index (χ3n) is 6.42. The van der Waals surface area contributed by atoms with E-state index in [1.807, 2.05) is 29.2 Å². The molecule has 2 fully saturated rings. The fourth-order valence-corrected chi connectivity index (χ4v) is 4.82. The van der Waals surface area contributed by atoms with Gasteiger partial charge in [0.05, 0.1) is 29.8 Å². The molecule has 0 N–H and O–H groups in total. The van der Waals surface area contributed by atoms with Crippen molar-refractivity contribution in [2.75, 3.05) is 57.9 Å². The Morgan fingerprint density at radius 1 is 1.21 bits per heavy atom. The maximum atomic E-state index is 13.1. The number of likely N-dealkylation sites (tertiary alicyclic amines) is 1. The predicted octanol–water partition coefficient (Wildman–Crippen LogP) is 1.61. The molecule has 11 heteroatoms. The molecule has 2 amide bonds. The molecule has 0 spiro atoms. The first-order valence-corrected chi connectivity index (χ1v) is 11.7. The van der Waals surface area contributed by atoms with Crippen LogP contribution >= 0.6 is 11.6 Å². The molecule has 0 saturated carbocycles. The van der Waals surface area contributed by atoms with E-state index >= 15 is 0 Å². The molecule has 2 aliphatic heterocycles. The van der Waals surface area contributed by atoms with Gasteiger partial charge in [0.15, 0.2) is 5.65 Å². The van der Waals surface area contributed by atoms with E-state index in [0.717, 1.165) is 16.9 Å². The van der Waals surface area contributed by atoms with Gasteiger partial charge >= 0.3 is 0 Å². The standard InChI is InChI=1S/C23H26ClN7O3/c1-34-10-9-30-14-16(11-20(30)32)23(33)29-7-5-28(6-8-29)21-19-13-27-31(22(19)26-15-25-21)18-4-2-3-17(24)12-18/h2-4,12-13,15-16H,5-11,14H2,1H3. The van der Waals surface area contributed by atoms with E-state index in [4.69, 9.17) is 16.3 Å². The third-order valence-corrected chi connectivity index (χ3v) is 6.65. The molecule has 34 heavy (non-hydrogen) atoms. The number of nitrogens with zero attached hydrogens (tertiary/aromatic N) is 7. The Hall–Kier alpha value is -3.24. The summed E-state index contributed by atoms with van der Waals surface area (Å²) in [5.41, 5.74) is 1.53. The van der Waals surface area contributed by atoms with Gasteiger partial charge in [-0.15, -0.1) is 0 Å². The molecule has 3 aromatic rings. The number of aromatic nitrogens is 4. The molecule has 2 saturated heterocycles. The lowest BCUT2D eigenvalue weighted by atomic mass is 10.1. The number of rotatable bonds is 6. The second-order valence-corrected chi connectivity index (χ2v) is 8.95. The SMILES string of the molecule is COCCN1CC(C(=O)N2CCN(c3ncnc4c3cnn4-c3cccc(Cl)c3)CC2)CC1=O. The molecule has 4 heterocycles. The van der Waals surface area contributed by atoms with E-state index in [1.165, 1.54) is 6.33 Å². The fraction of sp³-hybridized carbons (Fsp3) is 0.435.